The highest BCUT2D eigenvalue weighted by Gasteiger charge is 2.41. The highest BCUT2D eigenvalue weighted by atomic mass is 32.2. The van der Waals surface area contributed by atoms with E-state index >= 15 is 0 Å². The van der Waals surface area contributed by atoms with E-state index in [1.807, 2.05) is 57.2 Å². The number of para-hydroxylation sites is 1. The second kappa shape index (κ2) is 8.04. The summed E-state index contributed by atoms with van der Waals surface area (Å²) in [5.74, 6) is 0.538. The van der Waals surface area contributed by atoms with Gasteiger partial charge < -0.3 is 10.1 Å². The molecular weight excluding hydrogens is 400 g/mol. The maximum absolute atomic E-state index is 13.5. The fraction of sp³-hybridized carbons (Fsp3) is 0.435. The Balaban J connectivity index is 1.59. The highest BCUT2D eigenvalue weighted by Crippen LogP contribution is 2.34. The van der Waals surface area contributed by atoms with Gasteiger partial charge in [-0.3, -0.25) is 4.79 Å². The maximum Gasteiger partial charge on any atom is 0.244 e. The molecule has 2 aliphatic heterocycles. The van der Waals surface area contributed by atoms with Crippen LogP contribution in [0, 0.1) is 20.8 Å². The summed E-state index contributed by atoms with van der Waals surface area (Å²) >= 11 is 0. The monoisotopic (exact) mass is 428 g/mol. The van der Waals surface area contributed by atoms with Crippen LogP contribution < -0.4 is 10.1 Å². The molecule has 2 atom stereocenters. The number of carbonyl (C=O) groups is 1. The third-order valence-corrected chi connectivity index (χ3v) is 8.17. The molecule has 2 aromatic rings. The number of aryl methyl sites for hydroxylation is 3. The van der Waals surface area contributed by atoms with Crippen molar-refractivity contribution in [3.8, 4) is 5.75 Å². The van der Waals surface area contributed by atoms with E-state index < -0.39 is 16.1 Å². The zero-order valence-corrected chi connectivity index (χ0v) is 18.5. The lowest BCUT2D eigenvalue weighted by molar-refractivity contribution is -0.125. The van der Waals surface area contributed by atoms with Crippen LogP contribution in [0.5, 0.6) is 5.75 Å². The molecule has 0 aliphatic carbocycles. The van der Waals surface area contributed by atoms with Crippen molar-refractivity contribution in [3.05, 3.63) is 58.7 Å². The zero-order chi connectivity index (χ0) is 21.5. The van der Waals surface area contributed by atoms with Gasteiger partial charge in [0.2, 0.25) is 15.9 Å². The highest BCUT2D eigenvalue weighted by molar-refractivity contribution is 7.89. The predicted octanol–water partition coefficient (Wildman–Crippen LogP) is 3.40. The number of ether oxygens (including phenoxy) is 1. The summed E-state index contributed by atoms with van der Waals surface area (Å²) in [5.41, 5.74) is 3.40. The molecule has 1 fully saturated rings. The minimum absolute atomic E-state index is 0.171. The lowest BCUT2D eigenvalue weighted by Crippen LogP contribution is -2.47. The number of nitrogens with one attached hydrogen (secondary N) is 1. The SMILES string of the molecule is Cc1cc(C)c(S(=O)(=O)N2CCC[C@H]2C(=O)N[C@H]2CCOc3ccccc32)c(C)c1. The predicted molar refractivity (Wildman–Crippen MR) is 115 cm³/mol. The van der Waals surface area contributed by atoms with Crippen molar-refractivity contribution in [2.45, 2.75) is 57.0 Å². The fourth-order valence-electron chi connectivity index (χ4n) is 4.74. The number of rotatable bonds is 4. The van der Waals surface area contributed by atoms with Crippen LogP contribution in [0.3, 0.4) is 0 Å². The van der Waals surface area contributed by atoms with Crippen molar-refractivity contribution in [3.63, 3.8) is 0 Å². The number of hydrogen-bond acceptors (Lipinski definition) is 4. The first kappa shape index (κ1) is 20.9. The second-order valence-corrected chi connectivity index (χ2v) is 10.1. The molecule has 0 aromatic heterocycles. The van der Waals surface area contributed by atoms with E-state index in [9.17, 15) is 13.2 Å². The molecular formula is C23H28N2O4S. The molecule has 4 rings (SSSR count). The standard InChI is InChI=1S/C23H28N2O4S/c1-15-13-16(2)22(17(3)14-15)30(27,28)25-11-6-8-20(25)23(26)24-19-10-12-29-21-9-5-4-7-18(19)21/h4-5,7,9,13-14,19-20H,6,8,10-12H2,1-3H3,(H,24,26)/t19-,20-/m0/s1. The van der Waals surface area contributed by atoms with Crippen LogP contribution in [0.15, 0.2) is 41.3 Å². The number of sulfonamides is 1. The molecule has 0 unspecified atom stereocenters. The summed E-state index contributed by atoms with van der Waals surface area (Å²) in [4.78, 5) is 13.5. The smallest absolute Gasteiger partial charge is 0.244 e. The number of benzene rings is 2. The van der Waals surface area contributed by atoms with E-state index in [0.29, 0.717) is 37.3 Å². The van der Waals surface area contributed by atoms with E-state index in [0.717, 1.165) is 28.0 Å². The fourth-order valence-corrected chi connectivity index (χ4v) is 6.81. The minimum atomic E-state index is -3.76. The molecule has 2 aliphatic rings. The van der Waals surface area contributed by atoms with E-state index in [4.69, 9.17) is 4.74 Å². The minimum Gasteiger partial charge on any atom is -0.493 e. The van der Waals surface area contributed by atoms with Gasteiger partial charge in [0.05, 0.1) is 17.5 Å². The third-order valence-electron chi connectivity index (χ3n) is 5.95. The summed E-state index contributed by atoms with van der Waals surface area (Å²) in [6, 6.07) is 10.6. The summed E-state index contributed by atoms with van der Waals surface area (Å²) in [6.45, 7) is 6.47. The van der Waals surface area contributed by atoms with Crippen LogP contribution >= 0.6 is 0 Å². The maximum atomic E-state index is 13.5. The van der Waals surface area contributed by atoms with Crippen LogP contribution in [0.2, 0.25) is 0 Å². The van der Waals surface area contributed by atoms with Gasteiger partial charge in [0.25, 0.3) is 0 Å². The molecule has 0 spiro atoms. The summed E-state index contributed by atoms with van der Waals surface area (Å²) in [5, 5.41) is 3.08. The van der Waals surface area contributed by atoms with Gasteiger partial charge in [0.15, 0.2) is 0 Å². The number of fused-ring (bicyclic) bond motifs is 1. The largest absolute Gasteiger partial charge is 0.493 e. The van der Waals surface area contributed by atoms with Gasteiger partial charge in [0.1, 0.15) is 11.8 Å². The molecule has 1 N–H and O–H groups in total. The van der Waals surface area contributed by atoms with Gasteiger partial charge in [0, 0.05) is 18.5 Å². The average Bonchev–Trinajstić information content (AvgIpc) is 3.18. The topological polar surface area (TPSA) is 75.7 Å². The molecule has 0 bridgehead atoms. The molecule has 1 amide bonds. The van der Waals surface area contributed by atoms with Crippen molar-refractivity contribution >= 4 is 15.9 Å². The Labute approximate surface area is 178 Å². The quantitative estimate of drug-likeness (QED) is 0.810. The molecule has 2 aromatic carbocycles. The first-order valence-corrected chi connectivity index (χ1v) is 11.8. The average molecular weight is 429 g/mol. The molecule has 6 nitrogen and oxygen atoms in total. The number of amides is 1. The molecule has 7 heteroatoms. The van der Waals surface area contributed by atoms with Crippen molar-refractivity contribution in [1.82, 2.24) is 9.62 Å². The molecule has 0 saturated carbocycles. The molecule has 0 radical (unpaired) electrons. The van der Waals surface area contributed by atoms with Gasteiger partial charge in [-0.2, -0.15) is 4.31 Å². The first-order chi connectivity index (χ1) is 14.3. The third kappa shape index (κ3) is 3.72. The lowest BCUT2D eigenvalue weighted by atomic mass is 10.00. The Hall–Kier alpha value is -2.38. The molecule has 30 heavy (non-hydrogen) atoms. The normalized spacial score (nSPS) is 21.7. The van der Waals surface area contributed by atoms with E-state index in [1.54, 1.807) is 0 Å². The lowest BCUT2D eigenvalue weighted by Gasteiger charge is -2.30. The molecule has 2 heterocycles. The van der Waals surface area contributed by atoms with Gasteiger partial charge >= 0.3 is 0 Å². The van der Waals surface area contributed by atoms with Crippen LogP contribution in [0.1, 0.15) is 47.6 Å². The van der Waals surface area contributed by atoms with Gasteiger partial charge in [-0.25, -0.2) is 8.42 Å². The van der Waals surface area contributed by atoms with E-state index in [-0.39, 0.29) is 11.9 Å². The van der Waals surface area contributed by atoms with Gasteiger partial charge in [-0.05, 0) is 50.8 Å². The Morgan fingerprint density at radius 1 is 1.10 bits per heavy atom. The van der Waals surface area contributed by atoms with Crippen LogP contribution in [-0.2, 0) is 14.8 Å². The van der Waals surface area contributed by atoms with Crippen molar-refractivity contribution < 1.29 is 17.9 Å². The second-order valence-electron chi connectivity index (χ2n) is 8.24. The Morgan fingerprint density at radius 3 is 2.53 bits per heavy atom. The molecule has 1 saturated heterocycles. The first-order valence-electron chi connectivity index (χ1n) is 10.4. The van der Waals surface area contributed by atoms with Crippen molar-refractivity contribution in [2.24, 2.45) is 0 Å². The number of nitrogens with zero attached hydrogens (tertiary/aromatic N) is 1. The van der Waals surface area contributed by atoms with Crippen molar-refractivity contribution in [1.29, 1.82) is 0 Å². The van der Waals surface area contributed by atoms with E-state index in [1.165, 1.54) is 4.31 Å². The zero-order valence-electron chi connectivity index (χ0n) is 17.6. The van der Waals surface area contributed by atoms with Crippen LogP contribution in [-0.4, -0.2) is 37.8 Å². The summed E-state index contributed by atoms with van der Waals surface area (Å²) in [6.07, 6.45) is 1.87. The molecule has 160 valence electrons. The summed E-state index contributed by atoms with van der Waals surface area (Å²) < 4.78 is 34.1. The van der Waals surface area contributed by atoms with Crippen LogP contribution in [0.4, 0.5) is 0 Å². The Bertz CT molecular complexity index is 1060. The van der Waals surface area contributed by atoms with E-state index in [2.05, 4.69) is 5.32 Å². The van der Waals surface area contributed by atoms with Gasteiger partial charge in [-0.1, -0.05) is 35.9 Å². The summed E-state index contributed by atoms with van der Waals surface area (Å²) in [7, 11) is -3.76. The number of carbonyl (C=O) groups excluding carboxylic acids is 1. The number of hydrogen-bond donors (Lipinski definition) is 1. The van der Waals surface area contributed by atoms with Gasteiger partial charge in [-0.15, -0.1) is 0 Å². The van der Waals surface area contributed by atoms with Crippen molar-refractivity contribution in [2.75, 3.05) is 13.2 Å². The Morgan fingerprint density at radius 2 is 1.80 bits per heavy atom. The Kier molecular flexibility index (Phi) is 5.59. The van der Waals surface area contributed by atoms with Crippen LogP contribution in [0.25, 0.3) is 0 Å².